The van der Waals surface area contributed by atoms with Crippen molar-refractivity contribution in [2.75, 3.05) is 26.8 Å². The highest BCUT2D eigenvalue weighted by Crippen LogP contribution is 2.30. The molecule has 1 fully saturated rings. The first-order valence-electron chi connectivity index (χ1n) is 8.47. The second kappa shape index (κ2) is 6.07. The van der Waals surface area contributed by atoms with Crippen LogP contribution in [0.4, 0.5) is 0 Å². The third-order valence-corrected chi connectivity index (χ3v) is 4.94. The number of hydrogen-bond donors (Lipinski definition) is 2. The Kier molecular flexibility index (Phi) is 3.88. The Hall–Kier alpha value is -2.54. The van der Waals surface area contributed by atoms with Crippen LogP contribution in [0.15, 0.2) is 24.0 Å². The Morgan fingerprint density at radius 2 is 2.28 bits per heavy atom. The third kappa shape index (κ3) is 2.64. The Labute approximate surface area is 146 Å². The van der Waals surface area contributed by atoms with E-state index in [1.807, 2.05) is 34.7 Å². The van der Waals surface area contributed by atoms with Crippen molar-refractivity contribution in [2.24, 2.45) is 7.05 Å². The lowest BCUT2D eigenvalue weighted by molar-refractivity contribution is 0.0924. The molecule has 0 saturated carbocycles. The van der Waals surface area contributed by atoms with Crippen molar-refractivity contribution in [1.29, 1.82) is 5.41 Å². The van der Waals surface area contributed by atoms with Gasteiger partial charge in [0.1, 0.15) is 23.2 Å². The van der Waals surface area contributed by atoms with E-state index in [4.69, 9.17) is 14.9 Å². The van der Waals surface area contributed by atoms with E-state index in [-0.39, 0.29) is 11.9 Å². The van der Waals surface area contributed by atoms with Gasteiger partial charge in [-0.1, -0.05) is 0 Å². The highest BCUT2D eigenvalue weighted by Gasteiger charge is 2.33. The number of nitrogens with one attached hydrogen (secondary N) is 1. The summed E-state index contributed by atoms with van der Waals surface area (Å²) >= 11 is 0. The van der Waals surface area contributed by atoms with Crippen LogP contribution in [0, 0.1) is 5.41 Å². The molecular formula is C18H22N4O3. The Morgan fingerprint density at radius 3 is 3.00 bits per heavy atom. The van der Waals surface area contributed by atoms with Crippen LogP contribution in [0.3, 0.4) is 0 Å². The zero-order chi connectivity index (χ0) is 17.6. The van der Waals surface area contributed by atoms with E-state index >= 15 is 0 Å². The maximum atomic E-state index is 10.5. The monoisotopic (exact) mass is 342 g/mol. The lowest BCUT2D eigenvalue weighted by Crippen LogP contribution is -2.34. The van der Waals surface area contributed by atoms with E-state index in [0.29, 0.717) is 30.3 Å². The van der Waals surface area contributed by atoms with Gasteiger partial charge in [0.25, 0.3) is 0 Å². The second-order valence-corrected chi connectivity index (χ2v) is 6.53. The molecule has 2 N–H and O–H groups in total. The van der Waals surface area contributed by atoms with Crippen molar-refractivity contribution in [3.63, 3.8) is 0 Å². The van der Waals surface area contributed by atoms with Crippen molar-refractivity contribution >= 4 is 22.4 Å². The maximum Gasteiger partial charge on any atom is 0.148 e. The number of aryl methyl sites for hydroxylation is 1. The summed E-state index contributed by atoms with van der Waals surface area (Å²) in [6.07, 6.45) is 2.20. The largest absolute Gasteiger partial charge is 0.510 e. The molecule has 25 heavy (non-hydrogen) atoms. The Balaban J connectivity index is 1.66. The van der Waals surface area contributed by atoms with Crippen LogP contribution >= 0.6 is 0 Å². The summed E-state index contributed by atoms with van der Waals surface area (Å²) in [5.74, 6) is 1.82. The van der Waals surface area contributed by atoms with Gasteiger partial charge in [0.05, 0.1) is 36.4 Å². The van der Waals surface area contributed by atoms with E-state index in [1.165, 1.54) is 0 Å². The first kappa shape index (κ1) is 16.0. The summed E-state index contributed by atoms with van der Waals surface area (Å²) < 4.78 is 12.8. The number of methoxy groups -OCH3 is 1. The van der Waals surface area contributed by atoms with E-state index in [9.17, 15) is 5.11 Å². The molecule has 0 aliphatic carbocycles. The molecule has 1 unspecified atom stereocenters. The normalized spacial score (nSPS) is 21.0. The molecule has 0 amide bonds. The molecule has 7 nitrogen and oxygen atoms in total. The van der Waals surface area contributed by atoms with Gasteiger partial charge in [-0.2, -0.15) is 0 Å². The number of fused-ring (bicyclic) bond motifs is 1. The van der Waals surface area contributed by atoms with Crippen LogP contribution in [0.25, 0.3) is 16.6 Å². The van der Waals surface area contributed by atoms with Crippen molar-refractivity contribution in [1.82, 2.24) is 14.5 Å². The number of aromatic nitrogens is 2. The van der Waals surface area contributed by atoms with Crippen LogP contribution in [0.1, 0.15) is 18.7 Å². The fourth-order valence-electron chi connectivity index (χ4n) is 3.59. The molecule has 1 atom stereocenters. The molecule has 0 spiro atoms. The highest BCUT2D eigenvalue weighted by molar-refractivity contribution is 6.23. The van der Waals surface area contributed by atoms with Crippen LogP contribution < -0.4 is 4.74 Å². The summed E-state index contributed by atoms with van der Waals surface area (Å²) in [4.78, 5) is 6.50. The fraction of sp³-hybridized carbons (Fsp3) is 0.444. The first-order valence-corrected chi connectivity index (χ1v) is 8.47. The zero-order valence-electron chi connectivity index (χ0n) is 14.5. The number of ether oxygens (including phenoxy) is 2. The summed E-state index contributed by atoms with van der Waals surface area (Å²) in [6, 6.07) is 5.68. The van der Waals surface area contributed by atoms with Gasteiger partial charge in [-0.3, -0.25) is 5.41 Å². The van der Waals surface area contributed by atoms with Gasteiger partial charge < -0.3 is 24.0 Å². The quantitative estimate of drug-likeness (QED) is 0.891. The van der Waals surface area contributed by atoms with Crippen molar-refractivity contribution in [3.8, 4) is 5.75 Å². The number of hydrogen-bond acceptors (Lipinski definition) is 5. The predicted octanol–water partition coefficient (Wildman–Crippen LogP) is 2.32. The summed E-state index contributed by atoms with van der Waals surface area (Å²) in [5, 5.41) is 19.0. The topological polar surface area (TPSA) is 83.6 Å². The lowest BCUT2D eigenvalue weighted by atomic mass is 10.2. The lowest BCUT2D eigenvalue weighted by Gasteiger charge is -2.22. The minimum atomic E-state index is 0.136. The number of aliphatic hydroxyl groups excluding tert-OH is 1. The summed E-state index contributed by atoms with van der Waals surface area (Å²) in [7, 11) is 3.52. The smallest absolute Gasteiger partial charge is 0.148 e. The average Bonchev–Trinajstić information content (AvgIpc) is 3.29. The molecule has 2 aromatic rings. The molecule has 1 aromatic heterocycles. The van der Waals surface area contributed by atoms with Crippen molar-refractivity contribution < 1.29 is 14.6 Å². The molecule has 0 bridgehead atoms. The van der Waals surface area contributed by atoms with Gasteiger partial charge >= 0.3 is 0 Å². The van der Waals surface area contributed by atoms with Crippen LogP contribution in [0.5, 0.6) is 5.75 Å². The molecular weight excluding hydrogens is 320 g/mol. The molecule has 7 heteroatoms. The highest BCUT2D eigenvalue weighted by atomic mass is 16.5. The average molecular weight is 342 g/mol. The van der Waals surface area contributed by atoms with Crippen molar-refractivity contribution in [3.05, 3.63) is 29.8 Å². The van der Waals surface area contributed by atoms with E-state index < -0.39 is 0 Å². The molecule has 2 aliphatic heterocycles. The van der Waals surface area contributed by atoms with Gasteiger partial charge in [0.2, 0.25) is 0 Å². The second-order valence-electron chi connectivity index (χ2n) is 6.53. The van der Waals surface area contributed by atoms with Crippen molar-refractivity contribution in [2.45, 2.75) is 18.9 Å². The van der Waals surface area contributed by atoms with Gasteiger partial charge in [0.15, 0.2) is 0 Å². The minimum Gasteiger partial charge on any atom is -0.510 e. The van der Waals surface area contributed by atoms with Crippen LogP contribution in [-0.4, -0.2) is 58.3 Å². The maximum absolute atomic E-state index is 10.5. The van der Waals surface area contributed by atoms with Gasteiger partial charge in [-0.25, -0.2) is 4.98 Å². The number of benzene rings is 1. The molecule has 3 heterocycles. The third-order valence-electron chi connectivity index (χ3n) is 4.94. The van der Waals surface area contributed by atoms with Crippen LogP contribution in [-0.2, 0) is 11.8 Å². The van der Waals surface area contributed by atoms with Gasteiger partial charge in [-0.15, -0.1) is 0 Å². The number of rotatable bonds is 4. The molecule has 132 valence electrons. The Morgan fingerprint density at radius 1 is 1.44 bits per heavy atom. The molecule has 4 rings (SSSR count). The predicted molar refractivity (Wildman–Crippen MR) is 95.1 cm³/mol. The molecule has 1 aromatic carbocycles. The Bertz CT molecular complexity index is 865. The van der Waals surface area contributed by atoms with E-state index in [2.05, 4.69) is 4.98 Å². The number of amidine groups is 1. The molecule has 1 saturated heterocycles. The minimum absolute atomic E-state index is 0.136. The molecule has 0 radical (unpaired) electrons. The summed E-state index contributed by atoms with van der Waals surface area (Å²) in [5.41, 5.74) is 2.21. The SMILES string of the molecule is COc1ccc2c(c1)nc(C1=C(O)CN(CC3CCCO3)C1=N)n2C. The fourth-order valence-corrected chi connectivity index (χ4v) is 3.59. The number of imidazole rings is 1. The number of aliphatic hydroxyl groups is 1. The standard InChI is InChI=1S/C18H22N4O3/c1-21-14-6-5-11(24-2)8-13(14)20-18(21)16-15(23)10-22(17(16)19)9-12-4-3-7-25-12/h5-6,8,12,19,23H,3-4,7,9-10H2,1-2H3. The van der Waals surface area contributed by atoms with Gasteiger partial charge in [0, 0.05) is 26.3 Å². The van der Waals surface area contributed by atoms with Gasteiger partial charge in [-0.05, 0) is 25.0 Å². The van der Waals surface area contributed by atoms with Crippen LogP contribution in [0.2, 0.25) is 0 Å². The number of nitrogens with zero attached hydrogens (tertiary/aromatic N) is 3. The summed E-state index contributed by atoms with van der Waals surface area (Å²) in [6.45, 7) is 1.75. The zero-order valence-corrected chi connectivity index (χ0v) is 14.5. The van der Waals surface area contributed by atoms with E-state index in [1.54, 1.807) is 7.11 Å². The van der Waals surface area contributed by atoms with E-state index in [0.717, 1.165) is 36.2 Å². The molecule has 2 aliphatic rings. The first-order chi connectivity index (χ1) is 12.1.